The number of nitrogens with zero attached hydrogens (tertiary/aromatic N) is 2. The van der Waals surface area contributed by atoms with Crippen LogP contribution in [0.5, 0.6) is 0 Å². The molecule has 0 saturated carbocycles. The van der Waals surface area contributed by atoms with Crippen LogP contribution in [0.25, 0.3) is 11.0 Å². The van der Waals surface area contributed by atoms with E-state index in [0.29, 0.717) is 11.1 Å². The smallest absolute Gasteiger partial charge is 0.345 e. The fraction of sp³-hybridized carbons (Fsp3) is 0.0588. The van der Waals surface area contributed by atoms with Crippen molar-refractivity contribution in [3.8, 4) is 0 Å². The number of anilines is 1. The first-order chi connectivity index (χ1) is 11.5. The molecule has 7 nitrogen and oxygen atoms in total. The number of nitro groups is 1. The Morgan fingerprint density at radius 3 is 2.62 bits per heavy atom. The predicted molar refractivity (Wildman–Crippen MR) is 91.4 cm³/mol. The molecule has 0 radical (unpaired) electrons. The van der Waals surface area contributed by atoms with Gasteiger partial charge in [-0.1, -0.05) is 18.2 Å². The van der Waals surface area contributed by atoms with E-state index < -0.39 is 10.5 Å². The van der Waals surface area contributed by atoms with Crippen LogP contribution in [0.15, 0.2) is 68.9 Å². The molecular formula is C17H13N3O4. The largest absolute Gasteiger partial charge is 0.422 e. The molecule has 0 aliphatic rings. The van der Waals surface area contributed by atoms with Gasteiger partial charge in [-0.05, 0) is 31.2 Å². The number of hydrogen-bond acceptors (Lipinski definition) is 6. The van der Waals surface area contributed by atoms with E-state index in [-0.39, 0.29) is 16.8 Å². The van der Waals surface area contributed by atoms with Crippen molar-refractivity contribution < 1.29 is 9.34 Å². The zero-order valence-corrected chi connectivity index (χ0v) is 12.7. The number of fused-ring (bicyclic) bond motifs is 1. The average molecular weight is 323 g/mol. The minimum Gasteiger partial charge on any atom is -0.422 e. The normalized spacial score (nSPS) is 11.5. The molecule has 0 bridgehead atoms. The van der Waals surface area contributed by atoms with Crippen molar-refractivity contribution in [2.75, 3.05) is 5.43 Å². The van der Waals surface area contributed by atoms with Crippen LogP contribution in [0.1, 0.15) is 12.5 Å². The highest BCUT2D eigenvalue weighted by Gasteiger charge is 2.12. The first kappa shape index (κ1) is 15.4. The predicted octanol–water partition coefficient (Wildman–Crippen LogP) is 3.54. The van der Waals surface area contributed by atoms with Crippen molar-refractivity contribution in [1.29, 1.82) is 0 Å². The highest BCUT2D eigenvalue weighted by molar-refractivity contribution is 6.01. The van der Waals surface area contributed by atoms with Gasteiger partial charge in [-0.25, -0.2) is 4.79 Å². The standard InChI is InChI=1S/C17H13N3O4/c1-11(18-19-13-5-3-2-4-6-13)15-10-12-9-14(20(22)23)7-8-16(12)24-17(15)21/h2-10,19H,1H3/b18-11+. The molecule has 7 heteroatoms. The zero-order chi connectivity index (χ0) is 17.1. The lowest BCUT2D eigenvalue weighted by molar-refractivity contribution is -0.384. The molecule has 120 valence electrons. The third-order valence-electron chi connectivity index (χ3n) is 3.44. The summed E-state index contributed by atoms with van der Waals surface area (Å²) in [5.41, 5.74) is 3.95. The van der Waals surface area contributed by atoms with Gasteiger partial charge >= 0.3 is 5.63 Å². The molecule has 1 aromatic heterocycles. The summed E-state index contributed by atoms with van der Waals surface area (Å²) in [5.74, 6) is 0. The van der Waals surface area contributed by atoms with Crippen molar-refractivity contribution in [2.24, 2.45) is 5.10 Å². The summed E-state index contributed by atoms with van der Waals surface area (Å²) in [7, 11) is 0. The molecule has 3 rings (SSSR count). The van der Waals surface area contributed by atoms with Crippen LogP contribution in [0.3, 0.4) is 0 Å². The number of rotatable bonds is 4. The molecule has 0 atom stereocenters. The van der Waals surface area contributed by atoms with Gasteiger partial charge in [0.25, 0.3) is 5.69 Å². The Balaban J connectivity index is 1.99. The lowest BCUT2D eigenvalue weighted by atomic mass is 10.1. The first-order valence-electron chi connectivity index (χ1n) is 7.12. The maximum absolute atomic E-state index is 12.1. The number of hydrogen-bond donors (Lipinski definition) is 1. The Hall–Kier alpha value is -3.48. The van der Waals surface area contributed by atoms with Gasteiger partial charge in [0.2, 0.25) is 0 Å². The molecule has 0 spiro atoms. The van der Waals surface area contributed by atoms with E-state index in [9.17, 15) is 14.9 Å². The second-order valence-electron chi connectivity index (χ2n) is 5.10. The van der Waals surface area contributed by atoms with Crippen LogP contribution in [-0.2, 0) is 0 Å². The molecule has 1 heterocycles. The molecule has 24 heavy (non-hydrogen) atoms. The summed E-state index contributed by atoms with van der Waals surface area (Å²) in [6.45, 7) is 1.66. The number of benzene rings is 2. The van der Waals surface area contributed by atoms with E-state index in [4.69, 9.17) is 4.42 Å². The van der Waals surface area contributed by atoms with Gasteiger partial charge in [-0.2, -0.15) is 5.10 Å². The van der Waals surface area contributed by atoms with Gasteiger partial charge in [0.1, 0.15) is 5.58 Å². The Morgan fingerprint density at radius 2 is 1.92 bits per heavy atom. The van der Waals surface area contributed by atoms with Crippen LogP contribution in [0.2, 0.25) is 0 Å². The maximum Gasteiger partial charge on any atom is 0.345 e. The van der Waals surface area contributed by atoms with E-state index in [2.05, 4.69) is 10.5 Å². The molecule has 3 aromatic rings. The van der Waals surface area contributed by atoms with Gasteiger partial charge < -0.3 is 4.42 Å². The fourth-order valence-corrected chi connectivity index (χ4v) is 2.20. The minimum absolute atomic E-state index is 0.0701. The Bertz CT molecular complexity index is 994. The molecule has 0 aliphatic carbocycles. The number of nitrogens with one attached hydrogen (secondary N) is 1. The first-order valence-corrected chi connectivity index (χ1v) is 7.12. The van der Waals surface area contributed by atoms with E-state index in [1.807, 2.05) is 30.3 Å². The second kappa shape index (κ2) is 6.33. The van der Waals surface area contributed by atoms with Gasteiger partial charge in [0, 0.05) is 17.5 Å². The van der Waals surface area contributed by atoms with Crippen molar-refractivity contribution in [3.63, 3.8) is 0 Å². The van der Waals surface area contributed by atoms with Gasteiger partial charge in [-0.15, -0.1) is 0 Å². The van der Waals surface area contributed by atoms with E-state index in [1.54, 1.807) is 13.0 Å². The number of non-ortho nitro benzene ring substituents is 1. The molecule has 0 amide bonds. The molecule has 2 aromatic carbocycles. The zero-order valence-electron chi connectivity index (χ0n) is 12.7. The summed E-state index contributed by atoms with van der Waals surface area (Å²) >= 11 is 0. The molecule has 0 aliphatic heterocycles. The number of hydrazone groups is 1. The topological polar surface area (TPSA) is 97.7 Å². The summed E-state index contributed by atoms with van der Waals surface area (Å²) in [6, 6.07) is 14.9. The summed E-state index contributed by atoms with van der Waals surface area (Å²) < 4.78 is 5.21. The van der Waals surface area contributed by atoms with E-state index >= 15 is 0 Å². The summed E-state index contributed by atoms with van der Waals surface area (Å²) in [5, 5.41) is 15.5. The minimum atomic E-state index is -0.549. The van der Waals surface area contributed by atoms with Gasteiger partial charge in [-0.3, -0.25) is 15.5 Å². The third kappa shape index (κ3) is 3.14. The van der Waals surface area contributed by atoms with Crippen LogP contribution >= 0.6 is 0 Å². The fourth-order valence-electron chi connectivity index (χ4n) is 2.20. The van der Waals surface area contributed by atoms with E-state index in [0.717, 1.165) is 5.69 Å². The molecule has 0 unspecified atom stereocenters. The second-order valence-corrected chi connectivity index (χ2v) is 5.10. The molecule has 1 N–H and O–H groups in total. The van der Waals surface area contributed by atoms with Crippen LogP contribution in [-0.4, -0.2) is 10.6 Å². The Kier molecular flexibility index (Phi) is 4.07. The van der Waals surface area contributed by atoms with Crippen molar-refractivity contribution >= 4 is 28.1 Å². The third-order valence-corrected chi connectivity index (χ3v) is 3.44. The SMILES string of the molecule is C/C(=N\Nc1ccccc1)c1cc2cc([N+](=O)[O-])ccc2oc1=O. The van der Waals surface area contributed by atoms with Gasteiger partial charge in [0.05, 0.1) is 21.9 Å². The van der Waals surface area contributed by atoms with Crippen LogP contribution < -0.4 is 11.1 Å². The molecule has 0 saturated heterocycles. The van der Waals surface area contributed by atoms with Gasteiger partial charge in [0.15, 0.2) is 0 Å². The lowest BCUT2D eigenvalue weighted by Gasteiger charge is -2.04. The van der Waals surface area contributed by atoms with Crippen molar-refractivity contribution in [1.82, 2.24) is 0 Å². The Morgan fingerprint density at radius 1 is 1.17 bits per heavy atom. The van der Waals surface area contributed by atoms with Crippen molar-refractivity contribution in [3.05, 3.63) is 80.7 Å². The average Bonchev–Trinajstić information content (AvgIpc) is 2.59. The summed E-state index contributed by atoms with van der Waals surface area (Å²) in [6.07, 6.45) is 0. The van der Waals surface area contributed by atoms with Crippen LogP contribution in [0, 0.1) is 10.1 Å². The molecule has 0 fully saturated rings. The van der Waals surface area contributed by atoms with E-state index in [1.165, 1.54) is 18.2 Å². The number of para-hydroxylation sites is 1. The monoisotopic (exact) mass is 323 g/mol. The number of nitro benzene ring substituents is 1. The van der Waals surface area contributed by atoms with Crippen molar-refractivity contribution in [2.45, 2.75) is 6.92 Å². The lowest BCUT2D eigenvalue weighted by Crippen LogP contribution is -2.13. The highest BCUT2D eigenvalue weighted by Crippen LogP contribution is 2.20. The highest BCUT2D eigenvalue weighted by atomic mass is 16.6. The quantitative estimate of drug-likeness (QED) is 0.343. The maximum atomic E-state index is 12.1. The molecular weight excluding hydrogens is 310 g/mol. The van der Waals surface area contributed by atoms with Crippen LogP contribution in [0.4, 0.5) is 11.4 Å². The Labute approximate surface area is 136 Å². The summed E-state index contributed by atoms with van der Waals surface area (Å²) in [4.78, 5) is 22.5.